The number of nitrogens with one attached hydrogen (secondary N) is 1. The summed E-state index contributed by atoms with van der Waals surface area (Å²) in [5.74, 6) is -0.0749. The van der Waals surface area contributed by atoms with E-state index in [9.17, 15) is 12.8 Å². The SMILES string of the molecule is Cc1ccc(S(=O)(=O)NOCC2C/C2=C\c2ccc(F)cc2)cc1. The molecule has 1 atom stereocenters. The highest BCUT2D eigenvalue weighted by molar-refractivity contribution is 7.89. The van der Waals surface area contributed by atoms with Gasteiger partial charge in [0.2, 0.25) is 0 Å². The van der Waals surface area contributed by atoms with Crippen LogP contribution in [0.15, 0.2) is 59.0 Å². The lowest BCUT2D eigenvalue weighted by molar-refractivity contribution is 0.0867. The number of hydrogen-bond acceptors (Lipinski definition) is 3. The van der Waals surface area contributed by atoms with Gasteiger partial charge in [-0.3, -0.25) is 4.84 Å². The van der Waals surface area contributed by atoms with Crippen molar-refractivity contribution < 1.29 is 17.6 Å². The summed E-state index contributed by atoms with van der Waals surface area (Å²) in [6.45, 7) is 2.17. The van der Waals surface area contributed by atoms with Crippen LogP contribution < -0.4 is 4.89 Å². The summed E-state index contributed by atoms with van der Waals surface area (Å²) in [5, 5.41) is 0. The smallest absolute Gasteiger partial charge is 0.262 e. The first-order valence-corrected chi connectivity index (χ1v) is 9.09. The second kappa shape index (κ2) is 6.84. The zero-order valence-corrected chi connectivity index (χ0v) is 14.0. The fourth-order valence-electron chi connectivity index (χ4n) is 2.32. The minimum Gasteiger partial charge on any atom is -0.286 e. The van der Waals surface area contributed by atoms with Crippen molar-refractivity contribution in [3.8, 4) is 0 Å². The second-order valence-electron chi connectivity index (χ2n) is 5.88. The monoisotopic (exact) mass is 347 g/mol. The van der Waals surface area contributed by atoms with Crippen LogP contribution in [-0.2, 0) is 14.9 Å². The number of halogens is 1. The predicted molar refractivity (Wildman–Crippen MR) is 89.9 cm³/mol. The quantitative estimate of drug-likeness (QED) is 0.815. The molecule has 0 spiro atoms. The van der Waals surface area contributed by atoms with Gasteiger partial charge in [0.1, 0.15) is 5.82 Å². The molecule has 0 amide bonds. The summed E-state index contributed by atoms with van der Waals surface area (Å²) in [4.78, 5) is 7.48. The average molecular weight is 347 g/mol. The molecule has 24 heavy (non-hydrogen) atoms. The minimum absolute atomic E-state index is 0.172. The van der Waals surface area contributed by atoms with Gasteiger partial charge in [0.05, 0.1) is 11.5 Å². The summed E-state index contributed by atoms with van der Waals surface area (Å²) in [7, 11) is -3.66. The average Bonchev–Trinajstić information content (AvgIpc) is 3.28. The van der Waals surface area contributed by atoms with Gasteiger partial charge < -0.3 is 0 Å². The van der Waals surface area contributed by atoms with Crippen LogP contribution in [0.3, 0.4) is 0 Å². The molecule has 2 aromatic carbocycles. The van der Waals surface area contributed by atoms with E-state index in [2.05, 4.69) is 4.89 Å². The molecular weight excluding hydrogens is 329 g/mol. The molecule has 126 valence electrons. The van der Waals surface area contributed by atoms with Gasteiger partial charge in [-0.05, 0) is 43.2 Å². The van der Waals surface area contributed by atoms with Crippen molar-refractivity contribution in [2.24, 2.45) is 5.92 Å². The molecule has 0 saturated heterocycles. The van der Waals surface area contributed by atoms with Gasteiger partial charge in [0.25, 0.3) is 10.0 Å². The number of sulfonamides is 1. The van der Waals surface area contributed by atoms with Crippen LogP contribution in [0.5, 0.6) is 0 Å². The number of aryl methyl sites for hydroxylation is 1. The Morgan fingerprint density at radius 2 is 1.83 bits per heavy atom. The van der Waals surface area contributed by atoms with E-state index in [-0.39, 0.29) is 23.2 Å². The van der Waals surface area contributed by atoms with Gasteiger partial charge in [0.15, 0.2) is 0 Å². The van der Waals surface area contributed by atoms with Gasteiger partial charge in [-0.25, -0.2) is 12.8 Å². The molecule has 2 aromatic rings. The van der Waals surface area contributed by atoms with E-state index in [0.29, 0.717) is 0 Å². The lowest BCUT2D eigenvalue weighted by atomic mass is 10.2. The van der Waals surface area contributed by atoms with Crippen LogP contribution >= 0.6 is 0 Å². The Bertz CT molecular complexity index is 843. The van der Waals surface area contributed by atoms with E-state index in [4.69, 9.17) is 4.84 Å². The highest BCUT2D eigenvalue weighted by Crippen LogP contribution is 2.39. The highest BCUT2D eigenvalue weighted by atomic mass is 32.2. The summed E-state index contributed by atoms with van der Waals surface area (Å²) in [6, 6.07) is 12.8. The molecule has 1 saturated carbocycles. The van der Waals surface area contributed by atoms with Crippen LogP contribution in [0, 0.1) is 18.7 Å². The Balaban J connectivity index is 1.51. The summed E-state index contributed by atoms with van der Waals surface area (Å²) >= 11 is 0. The molecule has 1 aliphatic rings. The Morgan fingerprint density at radius 3 is 2.50 bits per heavy atom. The third-order valence-electron chi connectivity index (χ3n) is 3.85. The van der Waals surface area contributed by atoms with Crippen LogP contribution in [0.25, 0.3) is 6.08 Å². The van der Waals surface area contributed by atoms with Gasteiger partial charge in [-0.2, -0.15) is 0 Å². The fourth-order valence-corrected chi connectivity index (χ4v) is 3.13. The molecule has 0 bridgehead atoms. The lowest BCUT2D eigenvalue weighted by Crippen LogP contribution is -2.25. The first-order chi connectivity index (χ1) is 11.4. The minimum atomic E-state index is -3.66. The molecule has 4 nitrogen and oxygen atoms in total. The zero-order valence-electron chi connectivity index (χ0n) is 13.2. The molecule has 6 heteroatoms. The molecule has 1 unspecified atom stereocenters. The first kappa shape index (κ1) is 16.8. The second-order valence-corrected chi connectivity index (χ2v) is 7.53. The number of benzene rings is 2. The molecular formula is C18H18FNO3S. The van der Waals surface area contributed by atoms with E-state index >= 15 is 0 Å². The van der Waals surface area contributed by atoms with Gasteiger partial charge in [-0.1, -0.05) is 46.4 Å². The highest BCUT2D eigenvalue weighted by Gasteiger charge is 2.30. The topological polar surface area (TPSA) is 55.4 Å². The van der Waals surface area contributed by atoms with Crippen molar-refractivity contribution >= 4 is 16.1 Å². The third-order valence-corrected chi connectivity index (χ3v) is 5.08. The molecule has 0 heterocycles. The molecule has 0 aliphatic heterocycles. The van der Waals surface area contributed by atoms with E-state index in [1.54, 1.807) is 24.3 Å². The van der Waals surface area contributed by atoms with Crippen molar-refractivity contribution in [3.63, 3.8) is 0 Å². The molecule has 0 aromatic heterocycles. The molecule has 0 radical (unpaired) electrons. The van der Waals surface area contributed by atoms with Gasteiger partial charge in [-0.15, -0.1) is 0 Å². The zero-order chi connectivity index (χ0) is 17.2. The van der Waals surface area contributed by atoms with Crippen LogP contribution in [0.4, 0.5) is 4.39 Å². The predicted octanol–water partition coefficient (Wildman–Crippen LogP) is 3.45. The fraction of sp³-hybridized carbons (Fsp3) is 0.222. The van der Waals surface area contributed by atoms with Crippen molar-refractivity contribution in [2.75, 3.05) is 6.61 Å². The normalized spacial score (nSPS) is 18.8. The van der Waals surface area contributed by atoms with Crippen molar-refractivity contribution in [3.05, 3.63) is 71.0 Å². The summed E-state index contributed by atoms with van der Waals surface area (Å²) in [6.07, 6.45) is 2.82. The van der Waals surface area contributed by atoms with E-state index in [0.717, 1.165) is 23.1 Å². The number of hydrogen-bond donors (Lipinski definition) is 1. The van der Waals surface area contributed by atoms with Crippen molar-refractivity contribution in [2.45, 2.75) is 18.2 Å². The van der Waals surface area contributed by atoms with Gasteiger partial charge in [0, 0.05) is 5.92 Å². The first-order valence-electron chi connectivity index (χ1n) is 7.60. The maximum absolute atomic E-state index is 12.9. The molecule has 1 fully saturated rings. The summed E-state index contributed by atoms with van der Waals surface area (Å²) in [5.41, 5.74) is 3.08. The molecule has 1 N–H and O–H groups in total. The van der Waals surface area contributed by atoms with Gasteiger partial charge >= 0.3 is 0 Å². The Morgan fingerprint density at radius 1 is 1.17 bits per heavy atom. The van der Waals surface area contributed by atoms with E-state index in [1.807, 2.05) is 13.0 Å². The largest absolute Gasteiger partial charge is 0.286 e. The third kappa shape index (κ3) is 4.29. The van der Waals surface area contributed by atoms with Crippen molar-refractivity contribution in [1.82, 2.24) is 4.89 Å². The van der Waals surface area contributed by atoms with Crippen LogP contribution in [0.2, 0.25) is 0 Å². The Kier molecular flexibility index (Phi) is 4.80. The Hall–Kier alpha value is -2.02. The van der Waals surface area contributed by atoms with Crippen molar-refractivity contribution in [1.29, 1.82) is 0 Å². The Labute approximate surface area is 141 Å². The van der Waals surface area contributed by atoms with Crippen LogP contribution in [0.1, 0.15) is 17.5 Å². The van der Waals surface area contributed by atoms with Crippen LogP contribution in [-0.4, -0.2) is 15.0 Å². The number of rotatable bonds is 6. The summed E-state index contributed by atoms with van der Waals surface area (Å²) < 4.78 is 37.0. The standard InChI is InChI=1S/C18H18FNO3S/c1-13-2-8-18(9-3-13)24(21,22)20-23-12-16-11-15(16)10-14-4-6-17(19)7-5-14/h2-10,16,20H,11-12H2,1H3/b15-10+. The molecule has 1 aliphatic carbocycles. The maximum Gasteiger partial charge on any atom is 0.262 e. The van der Waals surface area contributed by atoms with E-state index < -0.39 is 10.0 Å². The maximum atomic E-state index is 12.9. The lowest BCUT2D eigenvalue weighted by Gasteiger charge is -2.06. The molecule has 3 rings (SSSR count). The van der Waals surface area contributed by atoms with E-state index in [1.165, 1.54) is 24.3 Å².